The van der Waals surface area contributed by atoms with Crippen LogP contribution in [0.2, 0.25) is 0 Å². The van der Waals surface area contributed by atoms with Gasteiger partial charge >= 0.3 is 0 Å². The minimum atomic E-state index is -3.57. The number of sulfonamides is 1. The number of hydrogen-bond donors (Lipinski definition) is 2. The molecule has 27 heavy (non-hydrogen) atoms. The van der Waals surface area contributed by atoms with Crippen LogP contribution in [-0.2, 0) is 27.6 Å². The molecule has 2 aromatic rings. The minimum Gasteiger partial charge on any atom is -0.370 e. The second-order valence-corrected chi connectivity index (χ2v) is 9.15. The molecule has 1 fully saturated rings. The lowest BCUT2D eigenvalue weighted by Gasteiger charge is -2.28. The number of aryl methyl sites for hydroxylation is 2. The predicted octanol–water partition coefficient (Wildman–Crippen LogP) is 1.11. The summed E-state index contributed by atoms with van der Waals surface area (Å²) in [5.74, 6) is 0. The van der Waals surface area contributed by atoms with Gasteiger partial charge in [-0.1, -0.05) is 36.4 Å². The summed E-state index contributed by atoms with van der Waals surface area (Å²) in [6.07, 6.45) is 3.13. The number of quaternary nitrogens is 1. The average molecular weight is 388 g/mol. The highest BCUT2D eigenvalue weighted by atomic mass is 32.2. The monoisotopic (exact) mass is 387 g/mol. The highest BCUT2D eigenvalue weighted by Gasteiger charge is 2.27. The zero-order chi connectivity index (χ0) is 18.7. The Balaban J connectivity index is 1.58. The molecule has 5 nitrogen and oxygen atoms in total. The molecule has 2 aromatic carbocycles. The maximum absolute atomic E-state index is 13.1. The molecule has 0 spiro atoms. The van der Waals surface area contributed by atoms with Crippen molar-refractivity contribution in [3.8, 4) is 0 Å². The highest BCUT2D eigenvalue weighted by Crippen LogP contribution is 2.25. The largest absolute Gasteiger partial charge is 0.370 e. The van der Waals surface area contributed by atoms with Crippen LogP contribution in [0.3, 0.4) is 0 Å². The molecule has 1 aliphatic heterocycles. The van der Waals surface area contributed by atoms with E-state index in [1.165, 1.54) is 16.0 Å². The number of nitrogens with one attached hydrogen (secondary N) is 2. The first kappa shape index (κ1) is 18.6. The van der Waals surface area contributed by atoms with E-state index in [9.17, 15) is 8.42 Å². The average Bonchev–Trinajstić information content (AvgIpc) is 3.17. The van der Waals surface area contributed by atoms with Crippen LogP contribution in [0.15, 0.2) is 53.4 Å². The summed E-state index contributed by atoms with van der Waals surface area (Å²) < 4.78 is 34.6. The molecule has 0 unspecified atom stereocenters. The molecule has 0 amide bonds. The summed E-state index contributed by atoms with van der Waals surface area (Å²) in [4.78, 5) is 1.74. The fraction of sp³-hybridized carbons (Fsp3) is 0.429. The summed E-state index contributed by atoms with van der Waals surface area (Å²) in [6.45, 7) is 3.99. The SMILES string of the molecule is O=S(=O)(N[C@H](C[NH+]1CCOCC1)c1ccccc1)c1ccc2c(c1)CCC2. The van der Waals surface area contributed by atoms with Crippen molar-refractivity contribution in [2.75, 3.05) is 32.8 Å². The van der Waals surface area contributed by atoms with Crippen LogP contribution in [0.1, 0.15) is 29.2 Å². The summed E-state index contributed by atoms with van der Waals surface area (Å²) in [5.41, 5.74) is 3.46. The number of hydrogen-bond acceptors (Lipinski definition) is 3. The summed E-state index contributed by atoms with van der Waals surface area (Å²) in [6, 6.07) is 15.2. The lowest BCUT2D eigenvalue weighted by molar-refractivity contribution is -0.909. The van der Waals surface area contributed by atoms with E-state index in [1.807, 2.05) is 42.5 Å². The van der Waals surface area contributed by atoms with Gasteiger partial charge in [-0.25, -0.2) is 8.42 Å². The molecule has 1 atom stereocenters. The summed E-state index contributed by atoms with van der Waals surface area (Å²) in [7, 11) is -3.57. The van der Waals surface area contributed by atoms with Crippen molar-refractivity contribution in [3.63, 3.8) is 0 Å². The standard InChI is InChI=1S/C21H26N2O3S/c24-27(25,20-10-9-17-7-4-8-19(17)15-20)22-21(18-5-2-1-3-6-18)16-23-11-13-26-14-12-23/h1-3,5-6,9-10,15,21-22H,4,7-8,11-14,16H2/p+1/t21-/m1/s1. The van der Waals surface area contributed by atoms with Crippen molar-refractivity contribution in [1.29, 1.82) is 0 Å². The van der Waals surface area contributed by atoms with E-state index in [4.69, 9.17) is 4.74 Å². The Kier molecular flexibility index (Phi) is 5.59. The van der Waals surface area contributed by atoms with E-state index in [0.29, 0.717) is 4.90 Å². The van der Waals surface area contributed by atoms with Gasteiger partial charge in [0.1, 0.15) is 13.1 Å². The van der Waals surface area contributed by atoms with Crippen molar-refractivity contribution in [3.05, 3.63) is 65.2 Å². The summed E-state index contributed by atoms with van der Waals surface area (Å²) >= 11 is 0. The molecule has 0 bridgehead atoms. The molecule has 0 radical (unpaired) electrons. The van der Waals surface area contributed by atoms with Gasteiger partial charge in [0.25, 0.3) is 0 Å². The third-order valence-electron chi connectivity index (χ3n) is 5.57. The molecule has 2 aliphatic rings. The number of ether oxygens (including phenoxy) is 1. The highest BCUT2D eigenvalue weighted by molar-refractivity contribution is 7.89. The Morgan fingerprint density at radius 2 is 1.74 bits per heavy atom. The molecule has 144 valence electrons. The Hall–Kier alpha value is -1.73. The van der Waals surface area contributed by atoms with Gasteiger partial charge < -0.3 is 9.64 Å². The molecule has 1 saturated heterocycles. The van der Waals surface area contributed by atoms with Crippen molar-refractivity contribution >= 4 is 10.0 Å². The van der Waals surface area contributed by atoms with Gasteiger partial charge in [0.05, 0.1) is 30.7 Å². The van der Waals surface area contributed by atoms with Gasteiger partial charge in [0.2, 0.25) is 10.0 Å². The number of rotatable bonds is 6. The quantitative estimate of drug-likeness (QED) is 0.781. The van der Waals surface area contributed by atoms with Gasteiger partial charge in [0.15, 0.2) is 0 Å². The Bertz CT molecular complexity index is 878. The Morgan fingerprint density at radius 3 is 2.52 bits per heavy atom. The normalized spacial score (nSPS) is 19.0. The lowest BCUT2D eigenvalue weighted by atomic mass is 10.1. The van der Waals surface area contributed by atoms with Crippen LogP contribution in [0.5, 0.6) is 0 Å². The smallest absolute Gasteiger partial charge is 0.241 e. The third-order valence-corrected chi connectivity index (χ3v) is 7.04. The van der Waals surface area contributed by atoms with Gasteiger partial charge in [-0.3, -0.25) is 0 Å². The van der Waals surface area contributed by atoms with Crippen molar-refractivity contribution in [2.45, 2.75) is 30.2 Å². The minimum absolute atomic E-state index is 0.252. The molecular formula is C21H27N2O3S+. The van der Waals surface area contributed by atoms with Gasteiger partial charge in [-0.2, -0.15) is 4.72 Å². The molecule has 1 heterocycles. The molecule has 0 aromatic heterocycles. The first-order chi connectivity index (χ1) is 13.1. The Labute approximate surface area is 161 Å². The topological polar surface area (TPSA) is 59.8 Å². The van der Waals surface area contributed by atoms with Gasteiger partial charge in [-0.15, -0.1) is 0 Å². The van der Waals surface area contributed by atoms with E-state index >= 15 is 0 Å². The van der Waals surface area contributed by atoms with Crippen molar-refractivity contribution in [2.24, 2.45) is 0 Å². The van der Waals surface area contributed by atoms with Crippen molar-refractivity contribution in [1.82, 2.24) is 4.72 Å². The van der Waals surface area contributed by atoms with Crippen LogP contribution in [0.25, 0.3) is 0 Å². The molecule has 4 rings (SSSR count). The zero-order valence-corrected chi connectivity index (χ0v) is 16.3. The van der Waals surface area contributed by atoms with Gasteiger partial charge in [0, 0.05) is 0 Å². The van der Waals surface area contributed by atoms with Crippen LogP contribution in [0, 0.1) is 0 Å². The third kappa shape index (κ3) is 4.41. The Morgan fingerprint density at radius 1 is 1.00 bits per heavy atom. The van der Waals surface area contributed by atoms with E-state index in [-0.39, 0.29) is 6.04 Å². The molecule has 1 aliphatic carbocycles. The van der Waals surface area contributed by atoms with Crippen LogP contribution in [0.4, 0.5) is 0 Å². The lowest BCUT2D eigenvalue weighted by Crippen LogP contribution is -3.14. The second-order valence-electron chi connectivity index (χ2n) is 7.44. The first-order valence-corrected chi connectivity index (χ1v) is 11.2. The zero-order valence-electron chi connectivity index (χ0n) is 15.5. The molecule has 6 heteroatoms. The fourth-order valence-corrected chi connectivity index (χ4v) is 5.31. The van der Waals surface area contributed by atoms with E-state index in [0.717, 1.165) is 57.7 Å². The van der Waals surface area contributed by atoms with E-state index < -0.39 is 10.0 Å². The molecule has 2 N–H and O–H groups in total. The predicted molar refractivity (Wildman–Crippen MR) is 104 cm³/mol. The van der Waals surface area contributed by atoms with Crippen molar-refractivity contribution < 1.29 is 18.1 Å². The van der Waals surface area contributed by atoms with E-state index in [1.54, 1.807) is 6.07 Å². The van der Waals surface area contributed by atoms with E-state index in [2.05, 4.69) is 4.72 Å². The maximum Gasteiger partial charge on any atom is 0.241 e. The van der Waals surface area contributed by atoms with Crippen LogP contribution < -0.4 is 9.62 Å². The first-order valence-electron chi connectivity index (χ1n) is 9.72. The van der Waals surface area contributed by atoms with Crippen LogP contribution >= 0.6 is 0 Å². The number of benzene rings is 2. The molecule has 0 saturated carbocycles. The maximum atomic E-state index is 13.1. The number of fused-ring (bicyclic) bond motifs is 1. The second kappa shape index (κ2) is 8.10. The summed E-state index contributed by atoms with van der Waals surface area (Å²) in [5, 5.41) is 0. The molecular weight excluding hydrogens is 360 g/mol. The fourth-order valence-electron chi connectivity index (χ4n) is 4.04. The number of morpholine rings is 1. The van der Waals surface area contributed by atoms with Gasteiger partial charge in [-0.05, 0) is 48.1 Å². The van der Waals surface area contributed by atoms with Crippen LogP contribution in [-0.4, -0.2) is 41.3 Å².